The number of rotatable bonds is 9. The fourth-order valence-electron chi connectivity index (χ4n) is 3.43. The molecule has 1 atom stereocenters. The Bertz CT molecular complexity index is 615. The zero-order valence-corrected chi connectivity index (χ0v) is 15.5. The molecule has 4 heteroatoms. The lowest BCUT2D eigenvalue weighted by atomic mass is 10.1. The third-order valence-electron chi connectivity index (χ3n) is 4.87. The van der Waals surface area contributed by atoms with E-state index in [1.54, 1.807) is 0 Å². The lowest BCUT2D eigenvalue weighted by Gasteiger charge is -2.31. The number of ether oxygens (including phenoxy) is 1. The highest BCUT2D eigenvalue weighted by molar-refractivity contribution is 5.16. The molecule has 140 valence electrons. The zero-order chi connectivity index (χ0) is 18.0. The summed E-state index contributed by atoms with van der Waals surface area (Å²) in [5, 5.41) is 10.6. The molecule has 0 spiro atoms. The Hall–Kier alpha value is -1.72. The van der Waals surface area contributed by atoms with Gasteiger partial charge in [0.2, 0.25) is 0 Å². The molecular formula is C22H30N2O2. The van der Waals surface area contributed by atoms with E-state index in [1.807, 2.05) is 24.3 Å². The number of aliphatic hydroxyl groups is 1. The Morgan fingerprint density at radius 2 is 1.54 bits per heavy atom. The average molecular weight is 354 g/mol. The van der Waals surface area contributed by atoms with E-state index in [-0.39, 0.29) is 6.10 Å². The first kappa shape index (κ1) is 19.1. The van der Waals surface area contributed by atoms with Crippen molar-refractivity contribution >= 4 is 0 Å². The van der Waals surface area contributed by atoms with E-state index in [4.69, 9.17) is 4.74 Å². The van der Waals surface area contributed by atoms with Gasteiger partial charge >= 0.3 is 0 Å². The fraction of sp³-hybridized carbons (Fsp3) is 0.455. The van der Waals surface area contributed by atoms with Gasteiger partial charge in [0.05, 0.1) is 19.3 Å². The van der Waals surface area contributed by atoms with Crippen LogP contribution in [0.4, 0.5) is 0 Å². The summed E-state index contributed by atoms with van der Waals surface area (Å²) in [4.78, 5) is 4.82. The molecule has 26 heavy (non-hydrogen) atoms. The van der Waals surface area contributed by atoms with Crippen LogP contribution in [0.2, 0.25) is 0 Å². The summed E-state index contributed by atoms with van der Waals surface area (Å²) in [6, 6.07) is 20.8. The summed E-state index contributed by atoms with van der Waals surface area (Å²) in [6.07, 6.45) is 0.342. The summed E-state index contributed by atoms with van der Waals surface area (Å²) in [7, 11) is 0. The Balaban J connectivity index is 1.55. The van der Waals surface area contributed by atoms with Crippen molar-refractivity contribution in [3.05, 3.63) is 71.8 Å². The first-order chi connectivity index (χ1) is 12.8. The third kappa shape index (κ3) is 6.54. The molecule has 2 aromatic rings. The number of aliphatic hydroxyl groups excluding tert-OH is 1. The van der Waals surface area contributed by atoms with Gasteiger partial charge in [0, 0.05) is 39.3 Å². The number of nitrogens with zero attached hydrogens (tertiary/aromatic N) is 2. The van der Waals surface area contributed by atoms with E-state index in [2.05, 4.69) is 46.2 Å². The van der Waals surface area contributed by atoms with Gasteiger partial charge in [0.1, 0.15) is 0 Å². The lowest BCUT2D eigenvalue weighted by molar-refractivity contribution is 0.0292. The van der Waals surface area contributed by atoms with Gasteiger partial charge in [-0.15, -0.1) is 0 Å². The molecule has 0 bridgehead atoms. The maximum atomic E-state index is 10.6. The highest BCUT2D eigenvalue weighted by Gasteiger charge is 2.16. The number of hydrogen-bond donors (Lipinski definition) is 1. The normalized spacial score (nSPS) is 16.7. The largest absolute Gasteiger partial charge is 0.391 e. The SMILES string of the molecule is OC(Cc1ccccc1)CN(CCN1CCOCC1)Cc1ccccc1. The van der Waals surface area contributed by atoms with Crippen LogP contribution in [0.3, 0.4) is 0 Å². The monoisotopic (exact) mass is 354 g/mol. The number of hydrogen-bond acceptors (Lipinski definition) is 4. The van der Waals surface area contributed by atoms with Gasteiger partial charge in [-0.3, -0.25) is 9.80 Å². The van der Waals surface area contributed by atoms with Gasteiger partial charge < -0.3 is 9.84 Å². The topological polar surface area (TPSA) is 35.9 Å². The van der Waals surface area contributed by atoms with Crippen LogP contribution in [0.1, 0.15) is 11.1 Å². The van der Waals surface area contributed by atoms with Crippen molar-refractivity contribution in [2.75, 3.05) is 45.9 Å². The molecule has 1 saturated heterocycles. The second-order valence-electron chi connectivity index (χ2n) is 7.02. The summed E-state index contributed by atoms with van der Waals surface area (Å²) >= 11 is 0. The molecule has 0 radical (unpaired) electrons. The predicted molar refractivity (Wildman–Crippen MR) is 105 cm³/mol. The van der Waals surface area contributed by atoms with Gasteiger partial charge in [0.15, 0.2) is 0 Å². The summed E-state index contributed by atoms with van der Waals surface area (Å²) in [6.45, 7) is 7.21. The molecular weight excluding hydrogens is 324 g/mol. The van der Waals surface area contributed by atoms with Crippen LogP contribution >= 0.6 is 0 Å². The summed E-state index contributed by atoms with van der Waals surface area (Å²) in [5.41, 5.74) is 2.48. The van der Waals surface area contributed by atoms with E-state index < -0.39 is 0 Å². The van der Waals surface area contributed by atoms with Crippen molar-refractivity contribution in [3.63, 3.8) is 0 Å². The Morgan fingerprint density at radius 3 is 2.19 bits per heavy atom. The van der Waals surface area contributed by atoms with Gasteiger partial charge in [-0.25, -0.2) is 0 Å². The maximum Gasteiger partial charge on any atom is 0.0707 e. The van der Waals surface area contributed by atoms with Crippen LogP contribution in [-0.2, 0) is 17.7 Å². The van der Waals surface area contributed by atoms with E-state index in [1.165, 1.54) is 11.1 Å². The average Bonchev–Trinajstić information content (AvgIpc) is 2.68. The predicted octanol–water partition coefficient (Wildman–Crippen LogP) is 2.42. The van der Waals surface area contributed by atoms with Crippen molar-refractivity contribution in [1.82, 2.24) is 9.80 Å². The molecule has 1 unspecified atom stereocenters. The van der Waals surface area contributed by atoms with E-state index in [0.29, 0.717) is 13.0 Å². The smallest absolute Gasteiger partial charge is 0.0707 e. The molecule has 0 amide bonds. The Kier molecular flexibility index (Phi) is 7.65. The minimum Gasteiger partial charge on any atom is -0.391 e. The highest BCUT2D eigenvalue weighted by atomic mass is 16.5. The molecule has 0 saturated carbocycles. The van der Waals surface area contributed by atoms with Crippen LogP contribution in [0.5, 0.6) is 0 Å². The molecule has 0 aromatic heterocycles. The third-order valence-corrected chi connectivity index (χ3v) is 4.87. The summed E-state index contributed by atoms with van der Waals surface area (Å²) in [5.74, 6) is 0. The minimum absolute atomic E-state index is 0.356. The van der Waals surface area contributed by atoms with Crippen molar-refractivity contribution < 1.29 is 9.84 Å². The standard InChI is InChI=1S/C22H30N2O2/c25-22(17-20-7-3-1-4-8-20)19-24(18-21-9-5-2-6-10-21)12-11-23-13-15-26-16-14-23/h1-10,22,25H,11-19H2. The number of benzene rings is 2. The van der Waals surface area contributed by atoms with E-state index in [0.717, 1.165) is 45.9 Å². The summed E-state index contributed by atoms with van der Waals surface area (Å²) < 4.78 is 5.44. The van der Waals surface area contributed by atoms with Gasteiger partial charge in [-0.2, -0.15) is 0 Å². The minimum atomic E-state index is -0.356. The van der Waals surface area contributed by atoms with E-state index in [9.17, 15) is 5.11 Å². The van der Waals surface area contributed by atoms with Crippen LogP contribution in [0.15, 0.2) is 60.7 Å². The van der Waals surface area contributed by atoms with Crippen molar-refractivity contribution in [3.8, 4) is 0 Å². The van der Waals surface area contributed by atoms with Crippen LogP contribution < -0.4 is 0 Å². The molecule has 1 fully saturated rings. The molecule has 4 nitrogen and oxygen atoms in total. The molecule has 1 N–H and O–H groups in total. The zero-order valence-electron chi connectivity index (χ0n) is 15.5. The quantitative estimate of drug-likeness (QED) is 0.750. The maximum absolute atomic E-state index is 10.6. The first-order valence-electron chi connectivity index (χ1n) is 9.58. The van der Waals surface area contributed by atoms with Gasteiger partial charge in [-0.05, 0) is 17.5 Å². The number of morpholine rings is 1. The molecule has 1 aliphatic heterocycles. The lowest BCUT2D eigenvalue weighted by Crippen LogP contribution is -2.43. The van der Waals surface area contributed by atoms with E-state index >= 15 is 0 Å². The highest BCUT2D eigenvalue weighted by Crippen LogP contribution is 2.09. The molecule has 1 aliphatic rings. The van der Waals surface area contributed by atoms with Crippen molar-refractivity contribution in [2.45, 2.75) is 19.1 Å². The molecule has 0 aliphatic carbocycles. The van der Waals surface area contributed by atoms with Gasteiger partial charge in [0.25, 0.3) is 0 Å². The Morgan fingerprint density at radius 1 is 0.923 bits per heavy atom. The van der Waals surface area contributed by atoms with Crippen LogP contribution in [-0.4, -0.2) is 66.9 Å². The Labute approximate surface area is 157 Å². The van der Waals surface area contributed by atoms with Crippen molar-refractivity contribution in [1.29, 1.82) is 0 Å². The van der Waals surface area contributed by atoms with Crippen LogP contribution in [0, 0.1) is 0 Å². The van der Waals surface area contributed by atoms with Crippen molar-refractivity contribution in [2.24, 2.45) is 0 Å². The first-order valence-corrected chi connectivity index (χ1v) is 9.58. The van der Waals surface area contributed by atoms with Gasteiger partial charge in [-0.1, -0.05) is 60.7 Å². The second kappa shape index (κ2) is 10.4. The molecule has 3 rings (SSSR count). The fourth-order valence-corrected chi connectivity index (χ4v) is 3.43. The molecule has 1 heterocycles. The second-order valence-corrected chi connectivity index (χ2v) is 7.02. The van der Waals surface area contributed by atoms with Crippen LogP contribution in [0.25, 0.3) is 0 Å². The molecule has 2 aromatic carbocycles.